The van der Waals surface area contributed by atoms with Crippen LogP contribution >= 0.6 is 23.2 Å². The molecule has 1 saturated heterocycles. The van der Waals surface area contributed by atoms with Crippen molar-refractivity contribution in [1.29, 1.82) is 0 Å². The van der Waals surface area contributed by atoms with Gasteiger partial charge in [0.15, 0.2) is 5.82 Å². The lowest BCUT2D eigenvalue weighted by molar-refractivity contribution is -0.137. The van der Waals surface area contributed by atoms with E-state index in [0.717, 1.165) is 23.8 Å². The molecule has 0 saturated carbocycles. The van der Waals surface area contributed by atoms with Gasteiger partial charge in [-0.15, -0.1) is 10.2 Å². The molecule has 1 N–H and O–H groups in total. The Kier molecular flexibility index (Phi) is 6.62. The van der Waals surface area contributed by atoms with E-state index in [2.05, 4.69) is 15.5 Å². The Balaban J connectivity index is 1.37. The van der Waals surface area contributed by atoms with E-state index < -0.39 is 17.8 Å². The maximum atomic E-state index is 12.9. The highest BCUT2D eigenvalue weighted by atomic mass is 35.5. The molecule has 0 aliphatic carbocycles. The molecular weight excluding hydrogens is 478 g/mol. The number of piperazine rings is 1. The average molecular weight is 496 g/mol. The third-order valence-corrected chi connectivity index (χ3v) is 5.89. The quantitative estimate of drug-likeness (QED) is 0.496. The first-order valence-corrected chi connectivity index (χ1v) is 10.7. The minimum absolute atomic E-state index is 0.0314. The number of aromatic nitrogens is 2. The number of carbonyl (C=O) groups is 1. The van der Waals surface area contributed by atoms with Crippen LogP contribution in [-0.2, 0) is 6.18 Å². The van der Waals surface area contributed by atoms with Crippen molar-refractivity contribution in [1.82, 2.24) is 15.1 Å². The number of hydrogen-bond donors (Lipinski definition) is 1. The summed E-state index contributed by atoms with van der Waals surface area (Å²) in [4.78, 5) is 16.1. The molecule has 2 heterocycles. The van der Waals surface area contributed by atoms with Crippen molar-refractivity contribution in [2.75, 3.05) is 36.4 Å². The van der Waals surface area contributed by atoms with Crippen LogP contribution in [0.15, 0.2) is 54.6 Å². The Morgan fingerprint density at radius 2 is 1.64 bits per heavy atom. The number of alkyl halides is 3. The number of benzene rings is 2. The molecule has 1 aliphatic heterocycles. The molecular formula is C22H18Cl2F3N5O. The normalized spacial score (nSPS) is 14.3. The average Bonchev–Trinajstić information content (AvgIpc) is 2.80. The number of amides is 2. The van der Waals surface area contributed by atoms with Crippen LogP contribution in [0.25, 0.3) is 11.3 Å². The molecule has 1 aliphatic rings. The van der Waals surface area contributed by atoms with Crippen molar-refractivity contribution in [2.45, 2.75) is 6.18 Å². The molecule has 0 spiro atoms. The van der Waals surface area contributed by atoms with Gasteiger partial charge < -0.3 is 15.1 Å². The first-order valence-electron chi connectivity index (χ1n) is 9.98. The van der Waals surface area contributed by atoms with Gasteiger partial charge in [-0.1, -0.05) is 41.4 Å². The van der Waals surface area contributed by atoms with E-state index in [1.165, 1.54) is 4.90 Å². The van der Waals surface area contributed by atoms with Crippen LogP contribution in [0.5, 0.6) is 0 Å². The summed E-state index contributed by atoms with van der Waals surface area (Å²) in [5, 5.41) is 11.6. The number of nitrogens with one attached hydrogen (secondary N) is 1. The number of anilines is 2. The predicted octanol–water partition coefficient (Wildman–Crippen LogP) is 5.82. The molecule has 0 bridgehead atoms. The van der Waals surface area contributed by atoms with Crippen molar-refractivity contribution in [3.05, 3.63) is 70.2 Å². The molecule has 11 heteroatoms. The largest absolute Gasteiger partial charge is 0.416 e. The fraction of sp³-hybridized carbons (Fsp3) is 0.227. The number of carbonyl (C=O) groups excluding carboxylic acids is 1. The second-order valence-corrected chi connectivity index (χ2v) is 8.17. The minimum atomic E-state index is -4.53. The second-order valence-electron chi connectivity index (χ2n) is 7.35. The Bertz CT molecular complexity index is 1150. The van der Waals surface area contributed by atoms with Crippen molar-refractivity contribution in [2.24, 2.45) is 0 Å². The van der Waals surface area contributed by atoms with Gasteiger partial charge in [-0.3, -0.25) is 0 Å². The highest BCUT2D eigenvalue weighted by Crippen LogP contribution is 2.34. The van der Waals surface area contributed by atoms with Gasteiger partial charge >= 0.3 is 12.2 Å². The minimum Gasteiger partial charge on any atom is -0.352 e. The summed E-state index contributed by atoms with van der Waals surface area (Å²) in [5.41, 5.74) is 0.471. The van der Waals surface area contributed by atoms with Gasteiger partial charge in [0, 0.05) is 31.7 Å². The van der Waals surface area contributed by atoms with Crippen LogP contribution in [0.4, 0.5) is 29.5 Å². The summed E-state index contributed by atoms with van der Waals surface area (Å²) in [6, 6.07) is 13.3. The predicted molar refractivity (Wildman–Crippen MR) is 122 cm³/mol. The van der Waals surface area contributed by atoms with Crippen LogP contribution in [0.2, 0.25) is 10.0 Å². The van der Waals surface area contributed by atoms with Gasteiger partial charge in [-0.25, -0.2) is 4.79 Å². The summed E-state index contributed by atoms with van der Waals surface area (Å²) in [7, 11) is 0. The lowest BCUT2D eigenvalue weighted by Gasteiger charge is -2.35. The zero-order valence-electron chi connectivity index (χ0n) is 17.1. The van der Waals surface area contributed by atoms with Crippen molar-refractivity contribution >= 4 is 40.7 Å². The molecule has 3 aromatic rings. The third-order valence-electron chi connectivity index (χ3n) is 5.23. The van der Waals surface area contributed by atoms with Gasteiger partial charge in [-0.2, -0.15) is 13.2 Å². The molecule has 6 nitrogen and oxygen atoms in total. The van der Waals surface area contributed by atoms with Crippen LogP contribution in [0.1, 0.15) is 5.56 Å². The van der Waals surface area contributed by atoms with Crippen molar-refractivity contribution in [3.8, 4) is 11.3 Å². The van der Waals surface area contributed by atoms with Gasteiger partial charge in [-0.05, 0) is 36.4 Å². The Morgan fingerprint density at radius 3 is 2.27 bits per heavy atom. The summed E-state index contributed by atoms with van der Waals surface area (Å²) >= 11 is 12.2. The Morgan fingerprint density at radius 1 is 0.909 bits per heavy atom. The molecule has 1 aromatic heterocycles. The maximum Gasteiger partial charge on any atom is 0.416 e. The van der Waals surface area contributed by atoms with Gasteiger partial charge in [0.2, 0.25) is 0 Å². The third kappa shape index (κ3) is 5.31. The molecule has 172 valence electrons. The van der Waals surface area contributed by atoms with Gasteiger partial charge in [0.05, 0.1) is 27.0 Å². The van der Waals surface area contributed by atoms with Crippen LogP contribution in [0.3, 0.4) is 0 Å². The van der Waals surface area contributed by atoms with Gasteiger partial charge in [0.1, 0.15) is 0 Å². The zero-order chi connectivity index (χ0) is 23.6. The van der Waals surface area contributed by atoms with E-state index in [4.69, 9.17) is 23.2 Å². The zero-order valence-corrected chi connectivity index (χ0v) is 18.6. The molecule has 0 atom stereocenters. The first kappa shape index (κ1) is 23.1. The smallest absolute Gasteiger partial charge is 0.352 e. The number of urea groups is 1. The highest BCUT2D eigenvalue weighted by Gasteiger charge is 2.31. The number of hydrogen-bond acceptors (Lipinski definition) is 4. The summed E-state index contributed by atoms with van der Waals surface area (Å²) in [5.74, 6) is 0.659. The lowest BCUT2D eigenvalue weighted by atomic mass is 10.1. The molecule has 2 amide bonds. The van der Waals surface area contributed by atoms with Crippen LogP contribution < -0.4 is 10.2 Å². The first-order chi connectivity index (χ1) is 15.7. The van der Waals surface area contributed by atoms with E-state index in [-0.39, 0.29) is 10.7 Å². The molecule has 0 unspecified atom stereocenters. The van der Waals surface area contributed by atoms with Crippen molar-refractivity contribution in [3.63, 3.8) is 0 Å². The van der Waals surface area contributed by atoms with Crippen LogP contribution in [-0.4, -0.2) is 47.3 Å². The van der Waals surface area contributed by atoms with E-state index >= 15 is 0 Å². The summed E-state index contributed by atoms with van der Waals surface area (Å²) < 4.78 is 38.8. The molecule has 33 heavy (non-hydrogen) atoms. The SMILES string of the molecule is O=C(Nc1cc(C(F)(F)F)ccc1Cl)N1CCN(c2ccc(-c3ccccc3Cl)nn2)CC1. The maximum absolute atomic E-state index is 12.9. The van der Waals surface area contributed by atoms with E-state index in [1.807, 2.05) is 35.2 Å². The highest BCUT2D eigenvalue weighted by molar-refractivity contribution is 6.33. The number of nitrogens with zero attached hydrogens (tertiary/aromatic N) is 4. The fourth-order valence-electron chi connectivity index (χ4n) is 3.44. The topological polar surface area (TPSA) is 61.4 Å². The van der Waals surface area contributed by atoms with Gasteiger partial charge in [0.25, 0.3) is 0 Å². The Labute approximate surface area is 197 Å². The van der Waals surface area contributed by atoms with E-state index in [0.29, 0.717) is 42.7 Å². The molecule has 1 fully saturated rings. The second kappa shape index (κ2) is 9.44. The molecule has 4 rings (SSSR count). The Hall–Kier alpha value is -3.04. The van der Waals surface area contributed by atoms with Crippen molar-refractivity contribution < 1.29 is 18.0 Å². The molecule has 0 radical (unpaired) electrons. The van der Waals surface area contributed by atoms with E-state index in [9.17, 15) is 18.0 Å². The van der Waals surface area contributed by atoms with E-state index in [1.54, 1.807) is 6.07 Å². The number of rotatable bonds is 3. The summed E-state index contributed by atoms with van der Waals surface area (Å²) in [6.45, 7) is 1.69. The summed E-state index contributed by atoms with van der Waals surface area (Å²) in [6.07, 6.45) is -4.53. The fourth-order valence-corrected chi connectivity index (χ4v) is 3.83. The molecule has 2 aromatic carbocycles. The standard InChI is InChI=1S/C22H18Cl2F3N5O/c23-16-4-2-1-3-15(16)18-7-8-20(30-29-18)31-9-11-32(12-10-31)21(33)28-19-13-14(22(25,26)27)5-6-17(19)24/h1-8,13H,9-12H2,(H,28,33). The number of halogens is 5. The monoisotopic (exact) mass is 495 g/mol. The lowest BCUT2D eigenvalue weighted by Crippen LogP contribution is -2.50. The van der Waals surface area contributed by atoms with Crippen LogP contribution in [0, 0.1) is 0 Å².